The predicted octanol–water partition coefficient (Wildman–Crippen LogP) is 5.89. The first-order valence-corrected chi connectivity index (χ1v) is 9.13. The van der Waals surface area contributed by atoms with E-state index in [9.17, 15) is 0 Å². The minimum Gasteiger partial charge on any atom is -0.241 e. The number of aromatic nitrogens is 2. The van der Waals surface area contributed by atoms with Gasteiger partial charge < -0.3 is 0 Å². The van der Waals surface area contributed by atoms with Crippen LogP contribution in [0.1, 0.15) is 10.0 Å². The molecule has 5 heteroatoms. The molecule has 2 aromatic carbocycles. The summed E-state index contributed by atoms with van der Waals surface area (Å²) in [5.74, 6) is 0. The maximum absolute atomic E-state index is 4.63. The first-order chi connectivity index (χ1) is 10.2. The average molecular weight is 326 g/mol. The smallest absolute Gasteiger partial charge is 0.0907 e. The van der Waals surface area contributed by atoms with E-state index in [-0.39, 0.29) is 0 Å². The number of hydrogen-bond donors (Lipinski definition) is 0. The number of nitrogens with zero attached hydrogens (tertiary/aromatic N) is 2. The summed E-state index contributed by atoms with van der Waals surface area (Å²) in [7, 11) is 0. The van der Waals surface area contributed by atoms with Gasteiger partial charge in [-0.25, -0.2) is 9.97 Å². The van der Waals surface area contributed by atoms with Gasteiger partial charge in [0.15, 0.2) is 0 Å². The third-order valence-electron chi connectivity index (χ3n) is 3.70. The van der Waals surface area contributed by atoms with Crippen molar-refractivity contribution in [3.8, 4) is 0 Å². The van der Waals surface area contributed by atoms with Crippen LogP contribution >= 0.6 is 34.0 Å². The summed E-state index contributed by atoms with van der Waals surface area (Å²) in [5, 5.41) is 4.87. The van der Waals surface area contributed by atoms with Gasteiger partial charge in [0.25, 0.3) is 0 Å². The van der Waals surface area contributed by atoms with Crippen LogP contribution in [0.5, 0.6) is 0 Å². The third-order valence-corrected chi connectivity index (χ3v) is 6.69. The molecule has 21 heavy (non-hydrogen) atoms. The van der Waals surface area contributed by atoms with Crippen molar-refractivity contribution in [2.24, 2.45) is 0 Å². The maximum Gasteiger partial charge on any atom is 0.0907 e. The molecule has 0 amide bonds. The molecule has 0 N–H and O–H groups in total. The molecule has 2 nitrogen and oxygen atoms in total. The van der Waals surface area contributed by atoms with Gasteiger partial charge in [-0.2, -0.15) is 0 Å². The molecule has 3 aromatic heterocycles. The normalized spacial score (nSPS) is 12.3. The van der Waals surface area contributed by atoms with E-state index in [0.29, 0.717) is 0 Å². The molecule has 3 heterocycles. The molecule has 0 radical (unpaired) electrons. The zero-order valence-electron chi connectivity index (χ0n) is 11.4. The summed E-state index contributed by atoms with van der Waals surface area (Å²) < 4.78 is 5.25. The lowest BCUT2D eigenvalue weighted by Gasteiger charge is -1.93. The van der Waals surface area contributed by atoms with Crippen LogP contribution in [0, 0.1) is 13.8 Å². The fourth-order valence-electron chi connectivity index (χ4n) is 2.85. The van der Waals surface area contributed by atoms with Crippen molar-refractivity contribution in [3.05, 3.63) is 34.3 Å². The van der Waals surface area contributed by atoms with Crippen molar-refractivity contribution in [1.29, 1.82) is 0 Å². The van der Waals surface area contributed by atoms with Crippen LogP contribution < -0.4 is 0 Å². The third kappa shape index (κ3) is 1.68. The van der Waals surface area contributed by atoms with E-state index in [2.05, 4.69) is 48.1 Å². The molecule has 0 bridgehead atoms. The second-order valence-corrected chi connectivity index (χ2v) is 8.75. The van der Waals surface area contributed by atoms with Crippen LogP contribution in [0.25, 0.3) is 40.6 Å². The molecule has 102 valence electrons. The molecule has 0 aliphatic heterocycles. The molecule has 0 fully saturated rings. The van der Waals surface area contributed by atoms with E-state index in [1.54, 1.807) is 22.7 Å². The Bertz CT molecular complexity index is 1070. The molecule has 0 saturated carbocycles. The van der Waals surface area contributed by atoms with Gasteiger partial charge in [0.2, 0.25) is 0 Å². The van der Waals surface area contributed by atoms with Gasteiger partial charge in [-0.1, -0.05) is 0 Å². The highest BCUT2D eigenvalue weighted by Gasteiger charge is 2.11. The molecular formula is C16H10N2S3. The summed E-state index contributed by atoms with van der Waals surface area (Å²) >= 11 is 5.41. The Balaban J connectivity index is 1.97. The van der Waals surface area contributed by atoms with Gasteiger partial charge in [-0.05, 0) is 38.1 Å². The molecule has 0 atom stereocenters. The Morgan fingerprint density at radius 3 is 1.57 bits per heavy atom. The van der Waals surface area contributed by atoms with E-state index in [1.165, 1.54) is 29.6 Å². The van der Waals surface area contributed by atoms with E-state index in [0.717, 1.165) is 21.0 Å². The Morgan fingerprint density at radius 1 is 0.619 bits per heavy atom. The number of rotatable bonds is 0. The fourth-order valence-corrected chi connectivity index (χ4v) is 5.84. The van der Waals surface area contributed by atoms with Gasteiger partial charge in [0.1, 0.15) is 0 Å². The number of aryl methyl sites for hydroxylation is 2. The van der Waals surface area contributed by atoms with Crippen molar-refractivity contribution in [1.82, 2.24) is 9.97 Å². The summed E-state index contributed by atoms with van der Waals surface area (Å²) in [6.45, 7) is 4.14. The van der Waals surface area contributed by atoms with Crippen LogP contribution in [0.4, 0.5) is 0 Å². The Hall–Kier alpha value is -1.56. The SMILES string of the molecule is Cc1nc2cc3c(cc2s1)sc1cc2sc(C)nc2cc13. The molecule has 0 unspecified atom stereocenters. The van der Waals surface area contributed by atoms with Gasteiger partial charge in [0, 0.05) is 20.2 Å². The minimum atomic E-state index is 1.11. The number of fused-ring (bicyclic) bond motifs is 5. The van der Waals surface area contributed by atoms with E-state index < -0.39 is 0 Å². The first-order valence-electron chi connectivity index (χ1n) is 6.68. The lowest BCUT2D eigenvalue weighted by molar-refractivity contribution is 1.35. The summed E-state index contributed by atoms with van der Waals surface area (Å²) in [6.07, 6.45) is 0. The van der Waals surface area contributed by atoms with Gasteiger partial charge in [-0.15, -0.1) is 34.0 Å². The van der Waals surface area contributed by atoms with E-state index in [1.807, 2.05) is 11.3 Å². The zero-order chi connectivity index (χ0) is 14.1. The Kier molecular flexibility index (Phi) is 2.29. The van der Waals surface area contributed by atoms with Crippen LogP contribution in [-0.2, 0) is 0 Å². The number of hydrogen-bond acceptors (Lipinski definition) is 5. The van der Waals surface area contributed by atoms with Crippen molar-refractivity contribution >= 4 is 74.6 Å². The molecule has 5 aromatic rings. The first kappa shape index (κ1) is 12.0. The van der Waals surface area contributed by atoms with E-state index in [4.69, 9.17) is 0 Å². The predicted molar refractivity (Wildman–Crippen MR) is 95.2 cm³/mol. The molecule has 0 aliphatic rings. The zero-order valence-corrected chi connectivity index (χ0v) is 13.9. The summed E-state index contributed by atoms with van der Waals surface area (Å²) in [4.78, 5) is 9.25. The Morgan fingerprint density at radius 2 is 1.10 bits per heavy atom. The van der Waals surface area contributed by atoms with Crippen molar-refractivity contribution < 1.29 is 0 Å². The molecule has 5 rings (SSSR count). The van der Waals surface area contributed by atoms with Gasteiger partial charge in [-0.3, -0.25) is 0 Å². The van der Waals surface area contributed by atoms with Crippen LogP contribution in [0.3, 0.4) is 0 Å². The molecule has 0 saturated heterocycles. The van der Waals surface area contributed by atoms with Crippen molar-refractivity contribution in [2.75, 3.05) is 0 Å². The quantitative estimate of drug-likeness (QED) is 0.354. The average Bonchev–Trinajstić information content (AvgIpc) is 3.05. The second kappa shape index (κ2) is 4.00. The largest absolute Gasteiger partial charge is 0.241 e. The standard InChI is InChI=1S/C16H10N2S3/c1-7-17-11-3-9-10-4-12-16(20-8(2)18-12)6-14(10)21-13(9)5-15(11)19-7/h3-6H,1-2H3. The topological polar surface area (TPSA) is 25.8 Å². The number of benzene rings is 2. The highest BCUT2D eigenvalue weighted by atomic mass is 32.1. The second-order valence-electron chi connectivity index (χ2n) is 5.20. The highest BCUT2D eigenvalue weighted by Crippen LogP contribution is 2.40. The number of thiazole rings is 2. The lowest BCUT2D eigenvalue weighted by atomic mass is 10.1. The van der Waals surface area contributed by atoms with Crippen LogP contribution in [-0.4, -0.2) is 9.97 Å². The molecular weight excluding hydrogens is 316 g/mol. The maximum atomic E-state index is 4.63. The summed E-state index contributed by atoms with van der Waals surface area (Å²) in [5.41, 5.74) is 2.22. The van der Waals surface area contributed by atoms with Crippen LogP contribution in [0.2, 0.25) is 0 Å². The van der Waals surface area contributed by atoms with Crippen LogP contribution in [0.15, 0.2) is 24.3 Å². The van der Waals surface area contributed by atoms with Crippen molar-refractivity contribution in [3.63, 3.8) is 0 Å². The molecule has 0 spiro atoms. The monoisotopic (exact) mass is 326 g/mol. The van der Waals surface area contributed by atoms with Gasteiger partial charge in [0.05, 0.1) is 30.4 Å². The number of thiophene rings is 1. The summed E-state index contributed by atoms with van der Waals surface area (Å²) in [6, 6.07) is 9.04. The van der Waals surface area contributed by atoms with Crippen molar-refractivity contribution in [2.45, 2.75) is 13.8 Å². The fraction of sp³-hybridized carbons (Fsp3) is 0.125. The van der Waals surface area contributed by atoms with E-state index >= 15 is 0 Å². The lowest BCUT2D eigenvalue weighted by Crippen LogP contribution is -1.72. The van der Waals surface area contributed by atoms with Gasteiger partial charge >= 0.3 is 0 Å². The highest BCUT2D eigenvalue weighted by molar-refractivity contribution is 7.27. The minimum absolute atomic E-state index is 1.11. The molecule has 0 aliphatic carbocycles. The Labute approximate surface area is 132 Å².